The van der Waals surface area contributed by atoms with Gasteiger partial charge in [-0.15, -0.1) is 11.3 Å². The van der Waals surface area contributed by atoms with E-state index < -0.39 is 24.0 Å². The molecule has 0 radical (unpaired) electrons. The number of urea groups is 2. The quantitative estimate of drug-likeness (QED) is 0.221. The Labute approximate surface area is 219 Å². The standard InChI is InChI=1S/C26H30N6O4S/c1-17(2)14-19(15-33)32(26(36)31-12-10-30(11-13-31)25(35)29-27)24(34)22-16-37-23(28-22)21-9-5-7-18-6-3-4-8-20(18)21/h3-9,15-17,19H,10-14,27H2,1-2H3,(H,29,35)/t19-/m0/s1. The zero-order valence-corrected chi connectivity index (χ0v) is 21.6. The van der Waals surface area contributed by atoms with Gasteiger partial charge in [0.15, 0.2) is 0 Å². The van der Waals surface area contributed by atoms with E-state index in [4.69, 9.17) is 5.84 Å². The molecule has 4 rings (SSSR count). The van der Waals surface area contributed by atoms with E-state index in [1.54, 1.807) is 5.38 Å². The number of aromatic nitrogens is 1. The average Bonchev–Trinajstić information content (AvgIpc) is 3.41. The van der Waals surface area contributed by atoms with Crippen molar-refractivity contribution in [3.63, 3.8) is 0 Å². The monoisotopic (exact) mass is 522 g/mol. The number of aldehydes is 1. The van der Waals surface area contributed by atoms with E-state index in [-0.39, 0.29) is 37.8 Å². The van der Waals surface area contributed by atoms with E-state index in [0.29, 0.717) is 17.7 Å². The van der Waals surface area contributed by atoms with Crippen molar-refractivity contribution in [1.82, 2.24) is 25.1 Å². The minimum absolute atomic E-state index is 0.0741. The van der Waals surface area contributed by atoms with Crippen molar-refractivity contribution in [3.8, 4) is 10.6 Å². The first-order chi connectivity index (χ1) is 17.8. The molecule has 1 atom stereocenters. The molecule has 3 aromatic rings. The molecule has 37 heavy (non-hydrogen) atoms. The smallest absolute Gasteiger partial charge is 0.321 e. The molecule has 0 bridgehead atoms. The van der Waals surface area contributed by atoms with Crippen LogP contribution in [-0.2, 0) is 4.79 Å². The Morgan fingerprint density at radius 3 is 2.43 bits per heavy atom. The van der Waals surface area contributed by atoms with Crippen LogP contribution in [-0.4, -0.2) is 76.2 Å². The molecule has 1 aromatic heterocycles. The third-order valence-corrected chi connectivity index (χ3v) is 7.21. The molecule has 0 saturated carbocycles. The highest BCUT2D eigenvalue weighted by Gasteiger charge is 2.36. The number of piperazine rings is 1. The topological polar surface area (TPSA) is 129 Å². The number of benzene rings is 2. The number of nitrogens with zero attached hydrogens (tertiary/aromatic N) is 4. The second kappa shape index (κ2) is 11.5. The van der Waals surface area contributed by atoms with Crippen LogP contribution in [0.4, 0.5) is 9.59 Å². The van der Waals surface area contributed by atoms with Crippen LogP contribution in [0.25, 0.3) is 21.3 Å². The highest BCUT2D eigenvalue weighted by molar-refractivity contribution is 7.13. The zero-order chi connectivity index (χ0) is 26.5. The van der Waals surface area contributed by atoms with Crippen LogP contribution in [0, 0.1) is 5.92 Å². The minimum atomic E-state index is -0.937. The van der Waals surface area contributed by atoms with Gasteiger partial charge in [-0.3, -0.25) is 10.2 Å². The number of carbonyl (C=O) groups is 4. The summed E-state index contributed by atoms with van der Waals surface area (Å²) in [6.45, 7) is 4.79. The molecule has 10 nitrogen and oxygen atoms in total. The van der Waals surface area contributed by atoms with Crippen molar-refractivity contribution in [2.45, 2.75) is 26.3 Å². The Hall–Kier alpha value is -3.83. The fraction of sp³-hybridized carbons (Fsp3) is 0.346. The summed E-state index contributed by atoms with van der Waals surface area (Å²) in [4.78, 5) is 59.8. The van der Waals surface area contributed by atoms with Crippen molar-refractivity contribution in [2.24, 2.45) is 11.8 Å². The number of amides is 5. The summed E-state index contributed by atoms with van der Waals surface area (Å²) in [6, 6.07) is 11.9. The van der Waals surface area contributed by atoms with Crippen LogP contribution in [0.15, 0.2) is 47.8 Å². The molecule has 3 N–H and O–H groups in total. The SMILES string of the molecule is CC(C)C[C@@H](C=O)N(C(=O)c1csc(-c2cccc3ccccc23)n1)C(=O)N1CCN(C(=O)NN)CC1. The molecule has 2 heterocycles. The summed E-state index contributed by atoms with van der Waals surface area (Å²) in [5, 5.41) is 4.34. The van der Waals surface area contributed by atoms with Crippen molar-refractivity contribution >= 4 is 46.4 Å². The van der Waals surface area contributed by atoms with E-state index in [0.717, 1.165) is 21.2 Å². The number of imide groups is 1. The van der Waals surface area contributed by atoms with Crippen LogP contribution in [0.3, 0.4) is 0 Å². The summed E-state index contributed by atoms with van der Waals surface area (Å²) in [7, 11) is 0. The average molecular weight is 523 g/mol. The van der Waals surface area contributed by atoms with Crippen LogP contribution in [0.2, 0.25) is 0 Å². The molecule has 2 aromatic carbocycles. The Balaban J connectivity index is 1.62. The van der Waals surface area contributed by atoms with Gasteiger partial charge in [-0.25, -0.2) is 25.3 Å². The van der Waals surface area contributed by atoms with E-state index in [1.807, 2.05) is 56.3 Å². The molecular weight excluding hydrogens is 492 g/mol. The summed E-state index contributed by atoms with van der Waals surface area (Å²) < 4.78 is 0. The maximum absolute atomic E-state index is 13.7. The first kappa shape index (κ1) is 26.2. The van der Waals surface area contributed by atoms with Gasteiger partial charge in [0.25, 0.3) is 5.91 Å². The number of hydrogen-bond donors (Lipinski definition) is 2. The second-order valence-corrected chi connectivity index (χ2v) is 10.1. The maximum Gasteiger partial charge on any atom is 0.331 e. The van der Waals surface area contributed by atoms with Gasteiger partial charge in [-0.05, 0) is 23.1 Å². The number of carbonyl (C=O) groups excluding carboxylic acids is 4. The van der Waals surface area contributed by atoms with Gasteiger partial charge in [0.2, 0.25) is 0 Å². The summed E-state index contributed by atoms with van der Waals surface area (Å²) >= 11 is 1.31. The maximum atomic E-state index is 13.7. The van der Waals surface area contributed by atoms with Gasteiger partial charge in [0, 0.05) is 37.1 Å². The first-order valence-corrected chi connectivity index (χ1v) is 13.0. The lowest BCUT2D eigenvalue weighted by molar-refractivity contribution is -0.111. The molecule has 0 unspecified atom stereocenters. The van der Waals surface area contributed by atoms with Gasteiger partial charge in [-0.1, -0.05) is 56.3 Å². The van der Waals surface area contributed by atoms with Crippen molar-refractivity contribution < 1.29 is 19.2 Å². The highest BCUT2D eigenvalue weighted by atomic mass is 32.1. The Kier molecular flexibility index (Phi) is 8.14. The Morgan fingerprint density at radius 1 is 1.08 bits per heavy atom. The number of hydrazine groups is 1. The fourth-order valence-corrected chi connectivity index (χ4v) is 5.29. The molecule has 1 saturated heterocycles. The normalized spacial score (nSPS) is 14.5. The third kappa shape index (κ3) is 5.62. The predicted molar refractivity (Wildman–Crippen MR) is 142 cm³/mol. The molecule has 0 aliphatic carbocycles. The van der Waals surface area contributed by atoms with Gasteiger partial charge in [0.1, 0.15) is 17.0 Å². The Bertz CT molecular complexity index is 1300. The van der Waals surface area contributed by atoms with Crippen LogP contribution < -0.4 is 11.3 Å². The largest absolute Gasteiger partial charge is 0.331 e. The lowest BCUT2D eigenvalue weighted by Crippen LogP contribution is -2.59. The molecular formula is C26H30N6O4S. The number of nitrogens with two attached hydrogens (primary N) is 1. The highest BCUT2D eigenvalue weighted by Crippen LogP contribution is 2.31. The summed E-state index contributed by atoms with van der Waals surface area (Å²) in [5.74, 6) is 4.67. The van der Waals surface area contributed by atoms with Crippen molar-refractivity contribution in [2.75, 3.05) is 26.2 Å². The van der Waals surface area contributed by atoms with Crippen LogP contribution >= 0.6 is 11.3 Å². The van der Waals surface area contributed by atoms with E-state index in [2.05, 4.69) is 10.4 Å². The van der Waals surface area contributed by atoms with Gasteiger partial charge in [-0.2, -0.15) is 0 Å². The predicted octanol–water partition coefficient (Wildman–Crippen LogP) is 3.34. The van der Waals surface area contributed by atoms with E-state index in [1.165, 1.54) is 21.1 Å². The molecule has 11 heteroatoms. The van der Waals surface area contributed by atoms with Gasteiger partial charge in [0.05, 0.1) is 6.04 Å². The molecule has 5 amide bonds. The van der Waals surface area contributed by atoms with Gasteiger partial charge < -0.3 is 14.6 Å². The number of fused-ring (bicyclic) bond motifs is 1. The number of nitrogens with one attached hydrogen (secondary N) is 1. The molecule has 1 aliphatic heterocycles. The molecule has 194 valence electrons. The fourth-order valence-electron chi connectivity index (χ4n) is 4.46. The van der Waals surface area contributed by atoms with Crippen LogP contribution in [0.1, 0.15) is 30.8 Å². The lowest BCUT2D eigenvalue weighted by atomic mass is 10.0. The first-order valence-electron chi connectivity index (χ1n) is 12.1. The summed E-state index contributed by atoms with van der Waals surface area (Å²) in [5.41, 5.74) is 3.08. The minimum Gasteiger partial charge on any atom is -0.321 e. The van der Waals surface area contributed by atoms with Crippen molar-refractivity contribution in [3.05, 3.63) is 53.5 Å². The lowest BCUT2D eigenvalue weighted by Gasteiger charge is -2.38. The van der Waals surface area contributed by atoms with Crippen molar-refractivity contribution in [1.29, 1.82) is 0 Å². The molecule has 1 fully saturated rings. The number of hydrogen-bond acceptors (Lipinski definition) is 7. The molecule has 1 aliphatic rings. The molecule has 0 spiro atoms. The zero-order valence-electron chi connectivity index (χ0n) is 20.8. The number of rotatable bonds is 6. The van der Waals surface area contributed by atoms with Crippen LogP contribution in [0.5, 0.6) is 0 Å². The third-order valence-electron chi connectivity index (χ3n) is 6.33. The van der Waals surface area contributed by atoms with Gasteiger partial charge >= 0.3 is 12.1 Å². The Morgan fingerprint density at radius 2 is 1.76 bits per heavy atom. The summed E-state index contributed by atoms with van der Waals surface area (Å²) in [6.07, 6.45) is 0.975. The number of thiazole rings is 1. The van der Waals surface area contributed by atoms with E-state index >= 15 is 0 Å². The van der Waals surface area contributed by atoms with E-state index in [9.17, 15) is 19.2 Å². The second-order valence-electron chi connectivity index (χ2n) is 9.28.